The first-order valence-corrected chi connectivity index (χ1v) is 15.2. The molecule has 33 heavy (non-hydrogen) atoms. The highest BCUT2D eigenvalue weighted by Gasteiger charge is 2.18. The molecule has 4 nitrogen and oxygen atoms in total. The van der Waals surface area contributed by atoms with Crippen LogP contribution >= 0.6 is 0 Å². The van der Waals surface area contributed by atoms with Gasteiger partial charge in [-0.15, -0.1) is 0 Å². The molecule has 1 N–H and O–H groups in total. The summed E-state index contributed by atoms with van der Waals surface area (Å²) in [5.41, 5.74) is 2.52. The van der Waals surface area contributed by atoms with Gasteiger partial charge < -0.3 is 4.74 Å². The third kappa shape index (κ3) is 15.5. The second-order valence-corrected chi connectivity index (χ2v) is 11.1. The largest absolute Gasteiger partial charge is 0.489 e. The molecule has 1 aromatic carbocycles. The lowest BCUT2D eigenvalue weighted by molar-refractivity contribution is 0.214. The van der Waals surface area contributed by atoms with Gasteiger partial charge in [-0.25, -0.2) is 0 Å². The van der Waals surface area contributed by atoms with E-state index in [0.717, 1.165) is 25.0 Å². The van der Waals surface area contributed by atoms with Crippen LogP contribution in [0.4, 0.5) is 0 Å². The van der Waals surface area contributed by atoms with Gasteiger partial charge in [0.05, 0.1) is 0 Å². The van der Waals surface area contributed by atoms with E-state index in [-0.39, 0.29) is 5.75 Å². The molecule has 5 heteroatoms. The molecule has 0 saturated heterocycles. The number of hydrogen-bond donors (Lipinski definition) is 1. The smallest absolute Gasteiger partial charge is 0.268 e. The highest BCUT2D eigenvalue weighted by atomic mass is 32.2. The van der Waals surface area contributed by atoms with E-state index in [2.05, 4.69) is 26.0 Å². The van der Waals surface area contributed by atoms with Crippen LogP contribution in [0, 0.1) is 0 Å². The monoisotopic (exact) mass is 482 g/mol. The SMILES string of the molecule is CCCCCCCCCc1ccc(OC(CC)CS(=O)(=O)O)c(CCCCCCCCC)c1. The normalized spacial score (nSPS) is 12.7. The molecule has 1 atom stereocenters. The number of unbranched alkanes of at least 4 members (excludes halogenated alkanes) is 12. The van der Waals surface area contributed by atoms with E-state index in [9.17, 15) is 13.0 Å². The summed E-state index contributed by atoms with van der Waals surface area (Å²) in [6, 6.07) is 6.41. The molecule has 0 aliphatic carbocycles. The second-order valence-electron chi connectivity index (χ2n) is 9.58. The molecule has 1 rings (SSSR count). The maximum Gasteiger partial charge on any atom is 0.268 e. The van der Waals surface area contributed by atoms with Crippen LogP contribution in [-0.2, 0) is 23.0 Å². The van der Waals surface area contributed by atoms with E-state index in [1.807, 2.05) is 13.0 Å². The van der Waals surface area contributed by atoms with E-state index >= 15 is 0 Å². The maximum absolute atomic E-state index is 11.4. The fourth-order valence-electron chi connectivity index (χ4n) is 4.31. The van der Waals surface area contributed by atoms with Crippen LogP contribution in [0.3, 0.4) is 0 Å². The van der Waals surface area contributed by atoms with Gasteiger partial charge in [0.25, 0.3) is 10.1 Å². The summed E-state index contributed by atoms with van der Waals surface area (Å²) in [6.07, 6.45) is 20.0. The van der Waals surface area contributed by atoms with Crippen molar-refractivity contribution < 1.29 is 17.7 Å². The van der Waals surface area contributed by atoms with E-state index in [4.69, 9.17) is 4.74 Å². The van der Waals surface area contributed by atoms with Crippen molar-refractivity contribution in [2.75, 3.05) is 5.75 Å². The van der Waals surface area contributed by atoms with Crippen LogP contribution in [0.15, 0.2) is 18.2 Å². The van der Waals surface area contributed by atoms with E-state index in [1.54, 1.807) is 0 Å². The summed E-state index contributed by atoms with van der Waals surface area (Å²) in [7, 11) is -4.06. The van der Waals surface area contributed by atoms with E-state index in [1.165, 1.54) is 94.6 Å². The fourth-order valence-corrected chi connectivity index (χ4v) is 5.08. The Morgan fingerprint density at radius 2 is 1.27 bits per heavy atom. The molecule has 0 radical (unpaired) electrons. The average molecular weight is 483 g/mol. The molecule has 0 aromatic heterocycles. The van der Waals surface area contributed by atoms with Crippen LogP contribution < -0.4 is 4.74 Å². The van der Waals surface area contributed by atoms with Gasteiger partial charge in [-0.1, -0.05) is 110 Å². The van der Waals surface area contributed by atoms with Gasteiger partial charge in [0.2, 0.25) is 0 Å². The van der Waals surface area contributed by atoms with Crippen molar-refractivity contribution in [1.29, 1.82) is 0 Å². The topological polar surface area (TPSA) is 63.6 Å². The van der Waals surface area contributed by atoms with Gasteiger partial charge in [0, 0.05) is 0 Å². The molecule has 1 unspecified atom stereocenters. The van der Waals surface area contributed by atoms with Gasteiger partial charge in [0.15, 0.2) is 0 Å². The molecule has 0 amide bonds. The zero-order valence-corrected chi connectivity index (χ0v) is 22.4. The Morgan fingerprint density at radius 1 is 0.758 bits per heavy atom. The standard InChI is InChI=1S/C28H50O4S/c1-4-7-9-11-13-15-17-19-25-21-22-28(32-27(6-3)24-33(29,30)31)26(23-25)20-18-16-14-12-10-8-5-2/h21-23,27H,4-20,24H2,1-3H3,(H,29,30,31). The molecule has 0 heterocycles. The van der Waals surface area contributed by atoms with Gasteiger partial charge in [-0.05, 0) is 49.3 Å². The third-order valence-electron chi connectivity index (χ3n) is 6.39. The first-order valence-electron chi connectivity index (χ1n) is 13.6. The Labute approximate surface area is 204 Å². The van der Waals surface area contributed by atoms with Gasteiger partial charge in [0.1, 0.15) is 17.6 Å². The van der Waals surface area contributed by atoms with Gasteiger partial charge >= 0.3 is 0 Å². The fraction of sp³-hybridized carbons (Fsp3) is 0.786. The average Bonchev–Trinajstić information content (AvgIpc) is 2.77. The number of aryl methyl sites for hydroxylation is 2. The molecular formula is C28H50O4S. The van der Waals surface area contributed by atoms with Crippen LogP contribution in [0.2, 0.25) is 0 Å². The lowest BCUT2D eigenvalue weighted by atomic mass is 9.99. The Hall–Kier alpha value is -1.07. The van der Waals surface area contributed by atoms with Crippen LogP contribution in [0.5, 0.6) is 5.75 Å². The molecule has 192 valence electrons. The van der Waals surface area contributed by atoms with Crippen molar-refractivity contribution in [3.8, 4) is 5.75 Å². The highest BCUT2D eigenvalue weighted by molar-refractivity contribution is 7.85. The summed E-state index contributed by atoms with van der Waals surface area (Å²) >= 11 is 0. The zero-order valence-electron chi connectivity index (χ0n) is 21.6. The Bertz CT molecular complexity index is 715. The molecule has 0 fully saturated rings. The minimum Gasteiger partial charge on any atom is -0.489 e. The van der Waals surface area contributed by atoms with Crippen molar-refractivity contribution in [3.05, 3.63) is 29.3 Å². The van der Waals surface area contributed by atoms with Crippen molar-refractivity contribution in [1.82, 2.24) is 0 Å². The molecular weight excluding hydrogens is 432 g/mol. The highest BCUT2D eigenvalue weighted by Crippen LogP contribution is 2.26. The minimum absolute atomic E-state index is 0.361. The Balaban J connectivity index is 2.68. The molecule has 0 bridgehead atoms. The van der Waals surface area contributed by atoms with Gasteiger partial charge in [-0.3, -0.25) is 4.55 Å². The van der Waals surface area contributed by atoms with Crippen molar-refractivity contribution in [2.24, 2.45) is 0 Å². The summed E-state index contributed by atoms with van der Waals surface area (Å²) in [5, 5.41) is 0. The quantitative estimate of drug-likeness (QED) is 0.141. The van der Waals surface area contributed by atoms with Crippen LogP contribution in [0.25, 0.3) is 0 Å². The van der Waals surface area contributed by atoms with Crippen molar-refractivity contribution >= 4 is 10.1 Å². The van der Waals surface area contributed by atoms with Crippen molar-refractivity contribution in [3.63, 3.8) is 0 Å². The molecule has 1 aromatic rings. The Kier molecular flexibility index (Phi) is 16.6. The van der Waals surface area contributed by atoms with E-state index < -0.39 is 16.2 Å². The summed E-state index contributed by atoms with van der Waals surface area (Å²) in [4.78, 5) is 0. The maximum atomic E-state index is 11.4. The van der Waals surface area contributed by atoms with E-state index in [0.29, 0.717) is 6.42 Å². The van der Waals surface area contributed by atoms with Gasteiger partial charge in [-0.2, -0.15) is 8.42 Å². The van der Waals surface area contributed by atoms with Crippen LogP contribution in [0.1, 0.15) is 128 Å². The molecule has 0 saturated carbocycles. The Morgan fingerprint density at radius 3 is 1.79 bits per heavy atom. The number of benzene rings is 1. The first kappa shape index (κ1) is 30.0. The predicted octanol–water partition coefficient (Wildman–Crippen LogP) is 8.32. The second kappa shape index (κ2) is 18.3. The molecule has 0 aliphatic rings. The lowest BCUT2D eigenvalue weighted by Gasteiger charge is -2.20. The van der Waals surface area contributed by atoms with Crippen molar-refractivity contribution in [2.45, 2.75) is 136 Å². The third-order valence-corrected chi connectivity index (χ3v) is 7.18. The summed E-state index contributed by atoms with van der Waals surface area (Å²) in [5.74, 6) is 0.417. The zero-order chi connectivity index (χ0) is 24.4. The number of ether oxygens (including phenoxy) is 1. The summed E-state index contributed by atoms with van der Waals surface area (Å²) < 4.78 is 38.0. The molecule has 0 spiro atoms. The first-order chi connectivity index (χ1) is 15.9. The number of hydrogen-bond acceptors (Lipinski definition) is 3. The van der Waals surface area contributed by atoms with Crippen LogP contribution in [-0.4, -0.2) is 24.8 Å². The summed E-state index contributed by atoms with van der Waals surface area (Å²) in [6.45, 7) is 6.39. The minimum atomic E-state index is -4.06. The number of rotatable bonds is 21. The predicted molar refractivity (Wildman–Crippen MR) is 141 cm³/mol. The molecule has 0 aliphatic heterocycles. The lowest BCUT2D eigenvalue weighted by Crippen LogP contribution is -2.26.